The number of halogens is 1. The molecule has 0 aliphatic carbocycles. The molecule has 1 aliphatic heterocycles. The maximum absolute atomic E-state index is 13.3. The Morgan fingerprint density at radius 3 is 2.45 bits per heavy atom. The molecule has 1 amide bonds. The third-order valence-electron chi connectivity index (χ3n) is 6.11. The van der Waals surface area contributed by atoms with E-state index in [0.29, 0.717) is 23.9 Å². The third kappa shape index (κ3) is 5.23. The fourth-order valence-electron chi connectivity index (χ4n) is 4.51. The van der Waals surface area contributed by atoms with Gasteiger partial charge in [0.1, 0.15) is 5.82 Å². The smallest absolute Gasteiger partial charge is 0.254 e. The Kier molecular flexibility index (Phi) is 6.83. The fourth-order valence-corrected chi connectivity index (χ4v) is 5.26. The van der Waals surface area contributed by atoms with Crippen LogP contribution in [0, 0.1) is 11.7 Å². The molecule has 1 saturated heterocycles. The Labute approximate surface area is 188 Å². The molecule has 4 rings (SSSR count). The zero-order valence-corrected chi connectivity index (χ0v) is 18.9. The Balaban J connectivity index is 1.55. The van der Waals surface area contributed by atoms with Crippen molar-refractivity contribution >= 4 is 17.2 Å². The highest BCUT2D eigenvalue weighted by Crippen LogP contribution is 2.35. The van der Waals surface area contributed by atoms with Crippen molar-refractivity contribution in [3.05, 3.63) is 93.9 Å². The summed E-state index contributed by atoms with van der Waals surface area (Å²) < 4.78 is 13.3. The van der Waals surface area contributed by atoms with Crippen LogP contribution in [0.15, 0.2) is 72.1 Å². The van der Waals surface area contributed by atoms with Gasteiger partial charge < -0.3 is 4.90 Å². The van der Waals surface area contributed by atoms with E-state index in [1.54, 1.807) is 23.5 Å². The Morgan fingerprint density at radius 2 is 1.81 bits per heavy atom. The third-order valence-corrected chi connectivity index (χ3v) is 6.97. The molecule has 1 aliphatic rings. The minimum absolute atomic E-state index is 0.0291. The van der Waals surface area contributed by atoms with E-state index in [0.717, 1.165) is 19.6 Å². The summed E-state index contributed by atoms with van der Waals surface area (Å²) in [6, 6.07) is 20.9. The largest absolute Gasteiger partial charge is 0.336 e. The molecule has 1 aromatic heterocycles. The highest BCUT2D eigenvalue weighted by atomic mass is 32.1. The molecule has 2 atom stereocenters. The molecule has 0 radical (unpaired) electrons. The topological polar surface area (TPSA) is 23.6 Å². The number of carbonyl (C=O) groups excluding carboxylic acids is 1. The van der Waals surface area contributed by atoms with Crippen LogP contribution < -0.4 is 0 Å². The molecule has 31 heavy (non-hydrogen) atoms. The van der Waals surface area contributed by atoms with E-state index in [1.165, 1.54) is 22.6 Å². The van der Waals surface area contributed by atoms with E-state index in [-0.39, 0.29) is 17.8 Å². The number of carbonyl (C=O) groups is 1. The van der Waals surface area contributed by atoms with Gasteiger partial charge in [0.05, 0.1) is 0 Å². The summed E-state index contributed by atoms with van der Waals surface area (Å²) in [4.78, 5) is 19.1. The van der Waals surface area contributed by atoms with Crippen LogP contribution in [0.3, 0.4) is 0 Å². The van der Waals surface area contributed by atoms with Gasteiger partial charge in [-0.2, -0.15) is 0 Å². The van der Waals surface area contributed by atoms with Gasteiger partial charge in [-0.15, -0.1) is 11.3 Å². The van der Waals surface area contributed by atoms with Crippen LogP contribution in [0.1, 0.15) is 40.6 Å². The lowest BCUT2D eigenvalue weighted by Crippen LogP contribution is -2.42. The van der Waals surface area contributed by atoms with Gasteiger partial charge in [-0.3, -0.25) is 9.69 Å². The zero-order valence-electron chi connectivity index (χ0n) is 18.1. The molecule has 0 N–H and O–H groups in total. The molecule has 0 saturated carbocycles. The van der Waals surface area contributed by atoms with E-state index < -0.39 is 0 Å². The highest BCUT2D eigenvalue weighted by Gasteiger charge is 2.36. The molecule has 5 heteroatoms. The van der Waals surface area contributed by atoms with Crippen molar-refractivity contribution in [2.75, 3.05) is 19.6 Å². The van der Waals surface area contributed by atoms with Crippen LogP contribution >= 0.6 is 11.3 Å². The number of likely N-dealkylation sites (tertiary alicyclic amines) is 1. The van der Waals surface area contributed by atoms with Crippen molar-refractivity contribution in [1.82, 2.24) is 9.80 Å². The van der Waals surface area contributed by atoms with E-state index in [4.69, 9.17) is 0 Å². The van der Waals surface area contributed by atoms with Crippen LogP contribution in [-0.4, -0.2) is 41.4 Å². The number of benzene rings is 2. The summed E-state index contributed by atoms with van der Waals surface area (Å²) in [7, 11) is 0. The number of hydrogen-bond donors (Lipinski definition) is 0. The number of amides is 1. The number of thiophene rings is 1. The maximum Gasteiger partial charge on any atom is 0.254 e. The summed E-state index contributed by atoms with van der Waals surface area (Å²) in [5.74, 6) is 0.368. The molecule has 2 heterocycles. The van der Waals surface area contributed by atoms with Gasteiger partial charge in [-0.25, -0.2) is 4.39 Å². The zero-order chi connectivity index (χ0) is 21.8. The van der Waals surface area contributed by atoms with Gasteiger partial charge in [0.2, 0.25) is 0 Å². The summed E-state index contributed by atoms with van der Waals surface area (Å²) >= 11 is 1.79. The standard InChI is InChI=1S/C26H29FN2OS/c1-19(2)29(26(30)21-10-12-23(27)13-11-21)16-22-15-28(17-24-9-6-14-31-24)18-25(22)20-7-4-3-5-8-20/h3-14,19,22,25H,15-18H2,1-2H3. The average Bonchev–Trinajstić information content (AvgIpc) is 3.42. The minimum Gasteiger partial charge on any atom is -0.336 e. The number of rotatable bonds is 7. The molecule has 1 fully saturated rings. The summed E-state index contributed by atoms with van der Waals surface area (Å²) in [6.45, 7) is 7.69. The number of nitrogens with zero attached hydrogens (tertiary/aromatic N) is 2. The molecule has 3 nitrogen and oxygen atoms in total. The number of hydrogen-bond acceptors (Lipinski definition) is 3. The lowest BCUT2D eigenvalue weighted by atomic mass is 9.88. The van der Waals surface area contributed by atoms with Gasteiger partial charge in [-0.1, -0.05) is 36.4 Å². The first kappa shape index (κ1) is 21.7. The highest BCUT2D eigenvalue weighted by molar-refractivity contribution is 7.09. The first-order chi connectivity index (χ1) is 15.0. The predicted octanol–water partition coefficient (Wildman–Crippen LogP) is 5.65. The quantitative estimate of drug-likeness (QED) is 0.478. The second-order valence-electron chi connectivity index (χ2n) is 8.61. The van der Waals surface area contributed by atoms with E-state index in [2.05, 4.69) is 66.6 Å². The van der Waals surface area contributed by atoms with Crippen LogP contribution in [0.4, 0.5) is 4.39 Å². The molecular weight excluding hydrogens is 407 g/mol. The van der Waals surface area contributed by atoms with Crippen molar-refractivity contribution < 1.29 is 9.18 Å². The van der Waals surface area contributed by atoms with Crippen LogP contribution in [-0.2, 0) is 6.54 Å². The molecule has 2 unspecified atom stereocenters. The maximum atomic E-state index is 13.3. The molecule has 3 aromatic rings. The van der Waals surface area contributed by atoms with Crippen LogP contribution in [0.2, 0.25) is 0 Å². The Morgan fingerprint density at radius 1 is 1.06 bits per heavy atom. The van der Waals surface area contributed by atoms with Crippen molar-refractivity contribution in [3.63, 3.8) is 0 Å². The fraction of sp³-hybridized carbons (Fsp3) is 0.346. The monoisotopic (exact) mass is 436 g/mol. The SMILES string of the molecule is CC(C)N(CC1CN(Cc2cccs2)CC1c1ccccc1)C(=O)c1ccc(F)cc1. The Hall–Kier alpha value is -2.50. The summed E-state index contributed by atoms with van der Waals surface area (Å²) in [5, 5.41) is 2.12. The van der Waals surface area contributed by atoms with E-state index in [9.17, 15) is 9.18 Å². The first-order valence-electron chi connectivity index (χ1n) is 10.9. The van der Waals surface area contributed by atoms with Crippen molar-refractivity contribution in [2.24, 2.45) is 5.92 Å². The molecule has 0 bridgehead atoms. The van der Waals surface area contributed by atoms with Crippen molar-refractivity contribution in [3.8, 4) is 0 Å². The average molecular weight is 437 g/mol. The summed E-state index contributed by atoms with van der Waals surface area (Å²) in [6.07, 6.45) is 0. The van der Waals surface area contributed by atoms with Gasteiger partial charge >= 0.3 is 0 Å². The second kappa shape index (κ2) is 9.75. The van der Waals surface area contributed by atoms with Crippen molar-refractivity contribution in [2.45, 2.75) is 32.4 Å². The van der Waals surface area contributed by atoms with Gasteiger partial charge in [-0.05, 0) is 61.0 Å². The molecule has 162 valence electrons. The van der Waals surface area contributed by atoms with Crippen LogP contribution in [0.5, 0.6) is 0 Å². The lowest BCUT2D eigenvalue weighted by Gasteiger charge is -2.32. The first-order valence-corrected chi connectivity index (χ1v) is 11.8. The van der Waals surface area contributed by atoms with Gasteiger partial charge in [0.15, 0.2) is 0 Å². The predicted molar refractivity (Wildman–Crippen MR) is 125 cm³/mol. The Bertz CT molecular complexity index is 972. The lowest BCUT2D eigenvalue weighted by molar-refractivity contribution is 0.0668. The van der Waals surface area contributed by atoms with Crippen LogP contribution in [0.25, 0.3) is 0 Å². The molecule has 0 spiro atoms. The van der Waals surface area contributed by atoms with E-state index >= 15 is 0 Å². The summed E-state index contributed by atoms with van der Waals surface area (Å²) in [5.41, 5.74) is 1.87. The van der Waals surface area contributed by atoms with Gasteiger partial charge in [0, 0.05) is 48.6 Å². The normalized spacial score (nSPS) is 19.1. The molecule has 2 aromatic carbocycles. The second-order valence-corrected chi connectivity index (χ2v) is 9.64. The van der Waals surface area contributed by atoms with Gasteiger partial charge in [0.25, 0.3) is 5.91 Å². The molecular formula is C26H29FN2OS. The van der Waals surface area contributed by atoms with Crippen molar-refractivity contribution in [1.29, 1.82) is 0 Å². The minimum atomic E-state index is -0.322. The van der Waals surface area contributed by atoms with E-state index in [1.807, 2.05) is 4.90 Å².